The molecule has 0 radical (unpaired) electrons. The molecular weight excluding hydrogens is 244 g/mol. The van der Waals surface area contributed by atoms with E-state index < -0.39 is 0 Å². The fourth-order valence-electron chi connectivity index (χ4n) is 1.55. The maximum atomic E-state index is 11.3. The Hall–Kier alpha value is -1.16. The smallest absolute Gasteiger partial charge is 0.180 e. The molecule has 0 aliphatic carbocycles. The number of Topliss-reactive ketones (excluding diaryl/α,β-unsaturated/α-hetero) is 1. The van der Waals surface area contributed by atoms with Gasteiger partial charge in [0.15, 0.2) is 5.78 Å². The molecule has 0 aliphatic heterocycles. The predicted octanol–water partition coefficient (Wildman–Crippen LogP) is 2.54. The lowest BCUT2D eigenvalue weighted by atomic mass is 10.2. The number of para-hydroxylation sites is 1. The van der Waals surface area contributed by atoms with Gasteiger partial charge in [-0.1, -0.05) is 12.1 Å². The van der Waals surface area contributed by atoms with E-state index in [0.717, 1.165) is 15.4 Å². The SMILES string of the molecule is CC(=O)c1nn(C)c2c(Br)cccc12. The highest BCUT2D eigenvalue weighted by atomic mass is 79.9. The van der Waals surface area contributed by atoms with Crippen molar-refractivity contribution < 1.29 is 4.79 Å². The summed E-state index contributed by atoms with van der Waals surface area (Å²) in [6.07, 6.45) is 0. The quantitative estimate of drug-likeness (QED) is 0.732. The number of hydrogen-bond donors (Lipinski definition) is 0. The number of hydrogen-bond acceptors (Lipinski definition) is 2. The van der Waals surface area contributed by atoms with Gasteiger partial charge >= 0.3 is 0 Å². The van der Waals surface area contributed by atoms with Crippen molar-refractivity contribution in [2.24, 2.45) is 7.05 Å². The van der Waals surface area contributed by atoms with Crippen LogP contribution in [-0.4, -0.2) is 15.6 Å². The van der Waals surface area contributed by atoms with E-state index in [1.807, 2.05) is 25.2 Å². The number of fused-ring (bicyclic) bond motifs is 1. The minimum absolute atomic E-state index is 0.00583. The van der Waals surface area contributed by atoms with Gasteiger partial charge in [-0.05, 0) is 22.0 Å². The Morgan fingerprint density at radius 1 is 1.50 bits per heavy atom. The third-order valence-corrected chi connectivity index (χ3v) is 2.79. The number of nitrogens with zero attached hydrogens (tertiary/aromatic N) is 2. The number of carbonyl (C=O) groups excluding carboxylic acids is 1. The first-order chi connectivity index (χ1) is 6.61. The minimum atomic E-state index is -0.00583. The maximum Gasteiger partial charge on any atom is 0.180 e. The van der Waals surface area contributed by atoms with Crippen LogP contribution >= 0.6 is 15.9 Å². The highest BCUT2D eigenvalue weighted by Gasteiger charge is 2.13. The number of benzene rings is 1. The average molecular weight is 253 g/mol. The summed E-state index contributed by atoms with van der Waals surface area (Å²) in [5, 5.41) is 5.08. The average Bonchev–Trinajstić information content (AvgIpc) is 2.45. The molecule has 0 fully saturated rings. The van der Waals surface area contributed by atoms with Crippen molar-refractivity contribution in [3.63, 3.8) is 0 Å². The zero-order chi connectivity index (χ0) is 10.3. The third-order valence-electron chi connectivity index (χ3n) is 2.15. The summed E-state index contributed by atoms with van der Waals surface area (Å²) < 4.78 is 2.67. The standard InChI is InChI=1S/C10H9BrN2O/c1-6(14)9-7-4-3-5-8(11)10(7)13(2)12-9/h3-5H,1-2H3. The molecule has 0 spiro atoms. The van der Waals surface area contributed by atoms with Gasteiger partial charge in [-0.2, -0.15) is 5.10 Å². The fourth-order valence-corrected chi connectivity index (χ4v) is 2.17. The molecule has 2 rings (SSSR count). The molecule has 0 saturated heterocycles. The number of aryl methyl sites for hydroxylation is 1. The van der Waals surface area contributed by atoms with Gasteiger partial charge in [0.05, 0.1) is 5.52 Å². The van der Waals surface area contributed by atoms with Crippen LogP contribution in [0.4, 0.5) is 0 Å². The Morgan fingerprint density at radius 3 is 2.86 bits per heavy atom. The lowest BCUT2D eigenvalue weighted by molar-refractivity contribution is 0.101. The zero-order valence-corrected chi connectivity index (χ0v) is 9.50. The van der Waals surface area contributed by atoms with Crippen LogP contribution in [0, 0.1) is 0 Å². The van der Waals surface area contributed by atoms with E-state index >= 15 is 0 Å². The Bertz CT molecular complexity index is 516. The first-order valence-electron chi connectivity index (χ1n) is 4.23. The van der Waals surface area contributed by atoms with Gasteiger partial charge in [-0.3, -0.25) is 9.48 Å². The molecule has 1 heterocycles. The molecule has 0 unspecified atom stereocenters. The molecule has 3 nitrogen and oxygen atoms in total. The first kappa shape index (κ1) is 9.40. The lowest BCUT2D eigenvalue weighted by Gasteiger charge is -1.95. The van der Waals surface area contributed by atoms with Crippen LogP contribution in [-0.2, 0) is 7.05 Å². The van der Waals surface area contributed by atoms with Crippen molar-refractivity contribution >= 4 is 32.6 Å². The largest absolute Gasteiger partial charge is 0.293 e. The zero-order valence-electron chi connectivity index (χ0n) is 7.91. The summed E-state index contributed by atoms with van der Waals surface area (Å²) in [6.45, 7) is 1.53. The van der Waals surface area contributed by atoms with Crippen LogP contribution in [0.25, 0.3) is 10.9 Å². The highest BCUT2D eigenvalue weighted by molar-refractivity contribution is 9.10. The molecule has 4 heteroatoms. The molecule has 0 amide bonds. The summed E-state index contributed by atoms with van der Waals surface area (Å²) in [4.78, 5) is 11.3. The first-order valence-corrected chi connectivity index (χ1v) is 5.02. The summed E-state index contributed by atoms with van der Waals surface area (Å²) in [5.41, 5.74) is 1.49. The molecule has 2 aromatic rings. The number of rotatable bonds is 1. The van der Waals surface area contributed by atoms with Gasteiger partial charge in [0.25, 0.3) is 0 Å². The summed E-state index contributed by atoms with van der Waals surface area (Å²) in [7, 11) is 1.83. The molecule has 0 bridgehead atoms. The second-order valence-electron chi connectivity index (χ2n) is 3.16. The Labute approximate surface area is 89.8 Å². The number of ketones is 1. The molecule has 1 aromatic carbocycles. The highest BCUT2D eigenvalue weighted by Crippen LogP contribution is 2.25. The van der Waals surface area contributed by atoms with Crippen LogP contribution in [0.2, 0.25) is 0 Å². The third kappa shape index (κ3) is 1.26. The normalized spacial score (nSPS) is 10.8. The summed E-state index contributed by atoms with van der Waals surface area (Å²) >= 11 is 3.44. The van der Waals surface area contributed by atoms with Crippen molar-refractivity contribution in [1.29, 1.82) is 0 Å². The van der Waals surface area contributed by atoms with Gasteiger partial charge in [0.2, 0.25) is 0 Å². The van der Waals surface area contributed by atoms with E-state index in [-0.39, 0.29) is 5.78 Å². The van der Waals surface area contributed by atoms with E-state index in [0.29, 0.717) is 5.69 Å². The fraction of sp³-hybridized carbons (Fsp3) is 0.200. The van der Waals surface area contributed by atoms with Crippen LogP contribution < -0.4 is 0 Å². The van der Waals surface area contributed by atoms with E-state index in [4.69, 9.17) is 0 Å². The van der Waals surface area contributed by atoms with Crippen molar-refractivity contribution in [2.45, 2.75) is 6.92 Å². The Kier molecular flexibility index (Phi) is 2.15. The van der Waals surface area contributed by atoms with E-state index in [1.54, 1.807) is 4.68 Å². The van der Waals surface area contributed by atoms with Gasteiger partial charge in [0.1, 0.15) is 5.69 Å². The molecule has 1 aromatic heterocycles. The topological polar surface area (TPSA) is 34.9 Å². The second kappa shape index (κ2) is 3.20. The second-order valence-corrected chi connectivity index (χ2v) is 4.02. The van der Waals surface area contributed by atoms with Crippen LogP contribution in [0.3, 0.4) is 0 Å². The van der Waals surface area contributed by atoms with E-state index in [2.05, 4.69) is 21.0 Å². The molecule has 0 saturated carbocycles. The summed E-state index contributed by atoms with van der Waals surface area (Å²) in [6, 6.07) is 5.75. The van der Waals surface area contributed by atoms with Crippen molar-refractivity contribution in [3.8, 4) is 0 Å². The predicted molar refractivity (Wildman–Crippen MR) is 58.4 cm³/mol. The monoisotopic (exact) mass is 252 g/mol. The minimum Gasteiger partial charge on any atom is -0.293 e. The van der Waals surface area contributed by atoms with Gasteiger partial charge < -0.3 is 0 Å². The Morgan fingerprint density at radius 2 is 2.21 bits per heavy atom. The molecule has 0 aliphatic rings. The van der Waals surface area contributed by atoms with Crippen molar-refractivity contribution in [2.75, 3.05) is 0 Å². The number of aromatic nitrogens is 2. The van der Waals surface area contributed by atoms with Gasteiger partial charge in [0, 0.05) is 23.8 Å². The molecule has 0 N–H and O–H groups in total. The number of halogens is 1. The molecule has 0 atom stereocenters. The number of carbonyl (C=O) groups is 1. The van der Waals surface area contributed by atoms with Crippen molar-refractivity contribution in [1.82, 2.24) is 9.78 Å². The molecular formula is C10H9BrN2O. The van der Waals surface area contributed by atoms with Crippen LogP contribution in [0.1, 0.15) is 17.4 Å². The van der Waals surface area contributed by atoms with E-state index in [1.165, 1.54) is 6.92 Å². The van der Waals surface area contributed by atoms with E-state index in [9.17, 15) is 4.79 Å². The maximum absolute atomic E-state index is 11.3. The van der Waals surface area contributed by atoms with Gasteiger partial charge in [-0.15, -0.1) is 0 Å². The van der Waals surface area contributed by atoms with Crippen molar-refractivity contribution in [3.05, 3.63) is 28.4 Å². The van der Waals surface area contributed by atoms with Gasteiger partial charge in [-0.25, -0.2) is 0 Å². The van der Waals surface area contributed by atoms with Crippen LogP contribution in [0.15, 0.2) is 22.7 Å². The summed E-state index contributed by atoms with van der Waals surface area (Å²) in [5.74, 6) is -0.00583. The Balaban J connectivity index is 2.91. The molecule has 14 heavy (non-hydrogen) atoms. The van der Waals surface area contributed by atoms with Crippen LogP contribution in [0.5, 0.6) is 0 Å². The lowest BCUT2D eigenvalue weighted by Crippen LogP contribution is -1.96. The molecule has 72 valence electrons.